The Morgan fingerprint density at radius 2 is 1.32 bits per heavy atom. The molecule has 0 amide bonds. The van der Waals surface area contributed by atoms with Gasteiger partial charge >= 0.3 is 0 Å². The Morgan fingerprint density at radius 3 is 1.68 bits per heavy atom. The van der Waals surface area contributed by atoms with E-state index in [4.69, 9.17) is 26.5 Å². The highest BCUT2D eigenvalue weighted by Crippen LogP contribution is 2.20. The minimum atomic E-state index is -0.278. The molecule has 5 nitrogen and oxygen atoms in total. The Labute approximate surface area is 109 Å². The summed E-state index contributed by atoms with van der Waals surface area (Å²) in [6.07, 6.45) is 0. The Hall–Kier alpha value is -3.63. The number of rotatable bonds is 2. The monoisotopic (exact) mass is 242 g/mol. The van der Waals surface area contributed by atoms with Gasteiger partial charge in [-0.25, -0.2) is 5.87 Å². The zero-order chi connectivity index (χ0) is 14.3. The van der Waals surface area contributed by atoms with Gasteiger partial charge in [-0.3, -0.25) is 0 Å². The van der Waals surface area contributed by atoms with Crippen LogP contribution in [0.5, 0.6) is 0 Å². The molecule has 5 heteroatoms. The lowest BCUT2D eigenvalue weighted by molar-refractivity contribution is 1.45. The van der Waals surface area contributed by atoms with Gasteiger partial charge in [-0.05, 0) is 11.1 Å². The first kappa shape index (κ1) is 13.4. The van der Waals surface area contributed by atoms with Crippen LogP contribution in [0.1, 0.15) is 11.1 Å². The van der Waals surface area contributed by atoms with Crippen molar-refractivity contribution < 1.29 is 0 Å². The van der Waals surface area contributed by atoms with Gasteiger partial charge in [0.1, 0.15) is 29.8 Å². The van der Waals surface area contributed by atoms with E-state index in [2.05, 4.69) is 0 Å². The van der Waals surface area contributed by atoms with Crippen molar-refractivity contribution in [3.63, 3.8) is 0 Å². The SMILES string of the molecule is N#CC(=C=[N-])c1ccc(C(C#N)=C(C#N)C#N)cc1. The Kier molecular flexibility index (Phi) is 4.38. The third kappa shape index (κ3) is 2.73. The van der Waals surface area contributed by atoms with Crippen LogP contribution >= 0.6 is 0 Å². The van der Waals surface area contributed by atoms with Crippen LogP contribution in [0.3, 0.4) is 0 Å². The molecule has 0 saturated carbocycles. The third-order valence-electron chi connectivity index (χ3n) is 2.27. The van der Waals surface area contributed by atoms with Gasteiger partial charge in [-0.15, -0.1) is 0 Å². The second-order valence-corrected chi connectivity index (χ2v) is 3.26. The fourth-order valence-electron chi connectivity index (χ4n) is 1.36. The van der Waals surface area contributed by atoms with Crippen LogP contribution in [0.15, 0.2) is 29.8 Å². The number of benzene rings is 1. The molecule has 0 unspecified atom stereocenters. The summed E-state index contributed by atoms with van der Waals surface area (Å²) in [5.41, 5.74) is 0.447. The van der Waals surface area contributed by atoms with Crippen molar-refractivity contribution in [3.8, 4) is 24.3 Å². The first-order valence-electron chi connectivity index (χ1n) is 4.94. The third-order valence-corrected chi connectivity index (χ3v) is 2.27. The van der Waals surface area contributed by atoms with Crippen LogP contribution < -0.4 is 0 Å². The Balaban J connectivity index is 3.37. The predicted octanol–water partition coefficient (Wildman–Crippen LogP) is 2.16. The molecular formula is C14H4N5-. The second kappa shape index (κ2) is 6.19. The summed E-state index contributed by atoms with van der Waals surface area (Å²) in [6, 6.07) is 12.8. The molecule has 1 aromatic carbocycles. The molecule has 0 fully saturated rings. The molecule has 0 bridgehead atoms. The predicted molar refractivity (Wildman–Crippen MR) is 67.6 cm³/mol. The maximum absolute atomic E-state index is 8.96. The number of nitrogens with zero attached hydrogens (tertiary/aromatic N) is 5. The smallest absolute Gasteiger partial charge is 0.148 e. The fourth-order valence-corrected chi connectivity index (χ4v) is 1.36. The van der Waals surface area contributed by atoms with Crippen molar-refractivity contribution in [2.45, 2.75) is 0 Å². The van der Waals surface area contributed by atoms with Crippen LogP contribution in [0.25, 0.3) is 16.6 Å². The normalized spacial score (nSPS) is 7.79. The van der Waals surface area contributed by atoms with E-state index in [1.165, 1.54) is 24.3 Å². The quantitative estimate of drug-likeness (QED) is 0.583. The number of hydrogen-bond acceptors (Lipinski definition) is 4. The van der Waals surface area contributed by atoms with Crippen molar-refractivity contribution in [1.29, 1.82) is 21.0 Å². The molecule has 0 saturated heterocycles. The van der Waals surface area contributed by atoms with E-state index in [9.17, 15) is 0 Å². The average molecular weight is 242 g/mol. The molecule has 0 heterocycles. The lowest BCUT2D eigenvalue weighted by Crippen LogP contribution is -1.88. The fraction of sp³-hybridized carbons (Fsp3) is 0. The van der Waals surface area contributed by atoms with Gasteiger partial charge in [0, 0.05) is 0 Å². The van der Waals surface area contributed by atoms with E-state index < -0.39 is 0 Å². The second-order valence-electron chi connectivity index (χ2n) is 3.26. The first-order valence-corrected chi connectivity index (χ1v) is 4.94. The van der Waals surface area contributed by atoms with Gasteiger partial charge in [-0.2, -0.15) is 21.0 Å². The van der Waals surface area contributed by atoms with Crippen molar-refractivity contribution in [3.05, 3.63) is 46.4 Å². The molecule has 1 rings (SSSR count). The summed E-state index contributed by atoms with van der Waals surface area (Å²) in [5, 5.41) is 43.9. The average Bonchev–Trinajstić information content (AvgIpc) is 2.47. The molecule has 0 aliphatic rings. The minimum absolute atomic E-state index is 0.0352. The van der Waals surface area contributed by atoms with Crippen molar-refractivity contribution in [2.75, 3.05) is 0 Å². The Morgan fingerprint density at radius 1 is 0.789 bits per heavy atom. The summed E-state index contributed by atoms with van der Waals surface area (Å²) in [6.45, 7) is 0. The van der Waals surface area contributed by atoms with Crippen molar-refractivity contribution in [2.24, 2.45) is 0 Å². The van der Waals surface area contributed by atoms with E-state index >= 15 is 0 Å². The van der Waals surface area contributed by atoms with Gasteiger partial charge in [0.15, 0.2) is 0 Å². The largest absolute Gasteiger partial charge is 0.762 e. The first-order chi connectivity index (χ1) is 9.21. The van der Waals surface area contributed by atoms with Crippen LogP contribution in [0, 0.1) is 45.3 Å². The highest BCUT2D eigenvalue weighted by Gasteiger charge is 2.09. The van der Waals surface area contributed by atoms with Crippen LogP contribution in [0.2, 0.25) is 0 Å². The van der Waals surface area contributed by atoms with Gasteiger partial charge in [0.2, 0.25) is 0 Å². The number of allylic oxidation sites excluding steroid dienone is 3. The number of nitriles is 4. The molecular weight excluding hydrogens is 238 g/mol. The molecule has 19 heavy (non-hydrogen) atoms. The van der Waals surface area contributed by atoms with Crippen molar-refractivity contribution >= 4 is 17.0 Å². The molecule has 1 aromatic rings. The van der Waals surface area contributed by atoms with E-state index in [-0.39, 0.29) is 16.7 Å². The van der Waals surface area contributed by atoms with E-state index in [0.717, 1.165) is 0 Å². The van der Waals surface area contributed by atoms with Crippen LogP contribution in [-0.2, 0) is 0 Å². The summed E-state index contributed by atoms with van der Waals surface area (Å²) < 4.78 is 0. The highest BCUT2D eigenvalue weighted by atomic mass is 14.3. The van der Waals surface area contributed by atoms with E-state index in [1.54, 1.807) is 30.1 Å². The molecule has 0 N–H and O–H groups in total. The van der Waals surface area contributed by atoms with Gasteiger partial charge in [-0.1, -0.05) is 24.3 Å². The minimum Gasteiger partial charge on any atom is -0.762 e. The van der Waals surface area contributed by atoms with Crippen molar-refractivity contribution in [1.82, 2.24) is 0 Å². The molecule has 0 aliphatic heterocycles. The molecule has 0 aromatic heterocycles. The molecule has 0 spiro atoms. The molecule has 86 valence electrons. The summed E-state index contributed by atoms with van der Waals surface area (Å²) in [5.74, 6) is 1.75. The maximum atomic E-state index is 8.96. The van der Waals surface area contributed by atoms with E-state index in [0.29, 0.717) is 11.1 Å². The lowest BCUT2D eigenvalue weighted by atomic mass is 9.99. The van der Waals surface area contributed by atoms with Gasteiger partial charge in [0.25, 0.3) is 0 Å². The Bertz CT molecular complexity index is 733. The summed E-state index contributed by atoms with van der Waals surface area (Å²) in [7, 11) is 0. The molecule has 0 radical (unpaired) electrons. The zero-order valence-corrected chi connectivity index (χ0v) is 9.55. The van der Waals surface area contributed by atoms with Gasteiger partial charge < -0.3 is 5.41 Å². The topological polar surface area (TPSA) is 117 Å². The van der Waals surface area contributed by atoms with E-state index in [1.807, 2.05) is 0 Å². The van der Waals surface area contributed by atoms with Crippen LogP contribution in [0.4, 0.5) is 0 Å². The molecule has 0 atom stereocenters. The van der Waals surface area contributed by atoms with Crippen LogP contribution in [-0.4, -0.2) is 5.87 Å². The zero-order valence-electron chi connectivity index (χ0n) is 9.55. The summed E-state index contributed by atoms with van der Waals surface area (Å²) in [4.78, 5) is 0. The lowest BCUT2D eigenvalue weighted by Gasteiger charge is -2.01. The highest BCUT2D eigenvalue weighted by molar-refractivity contribution is 5.98. The molecule has 0 aliphatic carbocycles. The summed E-state index contributed by atoms with van der Waals surface area (Å²) >= 11 is 0. The van der Waals surface area contributed by atoms with Gasteiger partial charge in [0.05, 0.1) is 11.1 Å². The maximum Gasteiger partial charge on any atom is 0.148 e. The standard InChI is InChI=1S/C14H4N5/c15-5-12(6-16)10-1-3-11(4-2-10)14(9-19)13(7-17)8-18/h1-4H/q-1. The number of hydrogen-bond donors (Lipinski definition) is 0.